The maximum atomic E-state index is 5.95. The smallest absolute Gasteiger partial charge is 0.123 e. The first-order valence-corrected chi connectivity index (χ1v) is 7.41. The molecule has 0 aliphatic rings. The lowest BCUT2D eigenvalue weighted by Crippen LogP contribution is -2.15. The van der Waals surface area contributed by atoms with Crippen LogP contribution in [0.3, 0.4) is 0 Å². The van der Waals surface area contributed by atoms with E-state index in [9.17, 15) is 0 Å². The molecule has 0 radical (unpaired) electrons. The summed E-state index contributed by atoms with van der Waals surface area (Å²) in [6.07, 6.45) is 3.20. The summed E-state index contributed by atoms with van der Waals surface area (Å²) in [4.78, 5) is 0. The summed E-state index contributed by atoms with van der Waals surface area (Å²) in [5.74, 6) is 1.83. The van der Waals surface area contributed by atoms with E-state index < -0.39 is 0 Å². The van der Waals surface area contributed by atoms with E-state index in [0.29, 0.717) is 0 Å². The van der Waals surface area contributed by atoms with Crippen LogP contribution in [0.15, 0.2) is 18.2 Å². The Bertz CT molecular complexity index is 408. The molecule has 0 spiro atoms. The number of ether oxygens (including phenoxy) is 2. The number of hydrogen-bond donors (Lipinski definition) is 1. The van der Waals surface area contributed by atoms with Gasteiger partial charge in [0.2, 0.25) is 0 Å². The summed E-state index contributed by atoms with van der Waals surface area (Å²) in [5, 5.41) is 0. The number of methoxy groups -OCH3 is 1. The zero-order valence-electron chi connectivity index (χ0n) is 13.5. The van der Waals surface area contributed by atoms with Crippen LogP contribution in [0.2, 0.25) is 0 Å². The van der Waals surface area contributed by atoms with Crippen LogP contribution in [-0.2, 0) is 5.41 Å². The average Bonchev–Trinajstić information content (AvgIpc) is 2.37. The molecular weight excluding hydrogens is 250 g/mol. The fraction of sp³-hybridized carbons (Fsp3) is 0.647. The van der Waals surface area contributed by atoms with Gasteiger partial charge in [-0.2, -0.15) is 0 Å². The highest BCUT2D eigenvalue weighted by molar-refractivity contribution is 5.44. The predicted octanol–water partition coefficient (Wildman–Crippen LogP) is 3.89. The zero-order valence-corrected chi connectivity index (χ0v) is 13.5. The van der Waals surface area contributed by atoms with Gasteiger partial charge in [0, 0.05) is 11.6 Å². The van der Waals surface area contributed by atoms with Crippen LogP contribution in [0.25, 0.3) is 0 Å². The summed E-state index contributed by atoms with van der Waals surface area (Å²) < 4.78 is 11.3. The minimum Gasteiger partial charge on any atom is -0.497 e. The molecule has 3 nitrogen and oxygen atoms in total. The Morgan fingerprint density at radius 2 is 1.90 bits per heavy atom. The second kappa shape index (κ2) is 7.53. The molecule has 0 heterocycles. The highest BCUT2D eigenvalue weighted by Gasteiger charge is 2.19. The minimum absolute atomic E-state index is 0.0373. The van der Waals surface area contributed by atoms with Crippen molar-refractivity contribution in [1.29, 1.82) is 0 Å². The molecule has 0 aliphatic heterocycles. The molecular formula is C17H29NO2. The van der Waals surface area contributed by atoms with E-state index in [1.807, 2.05) is 19.1 Å². The normalized spacial score (nSPS) is 13.1. The monoisotopic (exact) mass is 279 g/mol. The number of unbranched alkanes of at least 4 members (excludes halogenated alkanes) is 1. The fourth-order valence-electron chi connectivity index (χ4n) is 2.10. The Labute approximate surface area is 123 Å². The Balaban J connectivity index is 2.65. The quantitative estimate of drug-likeness (QED) is 0.770. The molecule has 20 heavy (non-hydrogen) atoms. The van der Waals surface area contributed by atoms with Gasteiger partial charge in [0.25, 0.3) is 0 Å². The van der Waals surface area contributed by atoms with E-state index >= 15 is 0 Å². The lowest BCUT2D eigenvalue weighted by Gasteiger charge is -2.23. The summed E-state index contributed by atoms with van der Waals surface area (Å²) in [6, 6.07) is 6.30. The van der Waals surface area contributed by atoms with Crippen molar-refractivity contribution >= 4 is 0 Å². The molecule has 0 saturated heterocycles. The maximum absolute atomic E-state index is 5.95. The largest absolute Gasteiger partial charge is 0.497 e. The third-order valence-electron chi connectivity index (χ3n) is 3.31. The standard InChI is InChI=1S/C17H29NO2/c1-13(18)8-6-7-11-20-16-10-9-14(19-5)12-15(16)17(2,3)4/h9-10,12-13H,6-8,11,18H2,1-5H3. The van der Waals surface area contributed by atoms with Crippen LogP contribution in [0, 0.1) is 0 Å². The average molecular weight is 279 g/mol. The summed E-state index contributed by atoms with van der Waals surface area (Å²) in [6.45, 7) is 9.34. The molecule has 0 aliphatic carbocycles. The van der Waals surface area contributed by atoms with Gasteiger partial charge < -0.3 is 15.2 Å². The van der Waals surface area contributed by atoms with Gasteiger partial charge in [0.1, 0.15) is 11.5 Å². The predicted molar refractivity (Wildman–Crippen MR) is 84.7 cm³/mol. The Morgan fingerprint density at radius 3 is 2.45 bits per heavy atom. The van der Waals surface area contributed by atoms with Crippen molar-refractivity contribution in [1.82, 2.24) is 0 Å². The van der Waals surface area contributed by atoms with Crippen LogP contribution < -0.4 is 15.2 Å². The molecule has 1 unspecified atom stereocenters. The molecule has 2 N–H and O–H groups in total. The second-order valence-electron chi connectivity index (χ2n) is 6.43. The van der Waals surface area contributed by atoms with Crippen molar-refractivity contribution in [3.8, 4) is 11.5 Å². The van der Waals surface area contributed by atoms with Crippen LogP contribution >= 0.6 is 0 Å². The molecule has 0 fully saturated rings. The van der Waals surface area contributed by atoms with Crippen LogP contribution in [-0.4, -0.2) is 19.8 Å². The van der Waals surface area contributed by atoms with Gasteiger partial charge in [0.05, 0.1) is 13.7 Å². The lowest BCUT2D eigenvalue weighted by atomic mass is 9.86. The summed E-state index contributed by atoms with van der Waals surface area (Å²) in [5.41, 5.74) is 6.97. The molecule has 0 saturated carbocycles. The van der Waals surface area contributed by atoms with Crippen molar-refractivity contribution in [2.24, 2.45) is 5.73 Å². The first-order chi connectivity index (χ1) is 9.34. The Hall–Kier alpha value is -1.22. The van der Waals surface area contributed by atoms with E-state index in [4.69, 9.17) is 15.2 Å². The molecule has 0 amide bonds. The summed E-state index contributed by atoms with van der Waals surface area (Å²) >= 11 is 0. The maximum Gasteiger partial charge on any atom is 0.123 e. The zero-order chi connectivity index (χ0) is 15.2. The van der Waals surface area contributed by atoms with Gasteiger partial charge >= 0.3 is 0 Å². The van der Waals surface area contributed by atoms with Crippen LogP contribution in [0.1, 0.15) is 52.5 Å². The van der Waals surface area contributed by atoms with Gasteiger partial charge in [-0.1, -0.05) is 20.8 Å². The highest BCUT2D eigenvalue weighted by atomic mass is 16.5. The van der Waals surface area contributed by atoms with Crippen molar-refractivity contribution < 1.29 is 9.47 Å². The van der Waals surface area contributed by atoms with Crippen LogP contribution in [0.5, 0.6) is 11.5 Å². The first-order valence-electron chi connectivity index (χ1n) is 7.41. The molecule has 0 bridgehead atoms. The van der Waals surface area contributed by atoms with E-state index in [0.717, 1.165) is 37.4 Å². The molecule has 1 atom stereocenters. The minimum atomic E-state index is 0.0373. The molecule has 1 aromatic rings. The van der Waals surface area contributed by atoms with Gasteiger partial charge in [0.15, 0.2) is 0 Å². The van der Waals surface area contributed by atoms with Gasteiger partial charge in [-0.25, -0.2) is 0 Å². The SMILES string of the molecule is COc1ccc(OCCCCC(C)N)c(C(C)(C)C)c1. The third kappa shape index (κ3) is 5.41. The van der Waals surface area contributed by atoms with Crippen molar-refractivity contribution in [3.05, 3.63) is 23.8 Å². The molecule has 3 heteroatoms. The van der Waals surface area contributed by atoms with Crippen molar-refractivity contribution in [2.45, 2.75) is 58.4 Å². The molecule has 1 aromatic carbocycles. The molecule has 1 rings (SSSR count). The van der Waals surface area contributed by atoms with E-state index in [-0.39, 0.29) is 11.5 Å². The van der Waals surface area contributed by atoms with E-state index in [1.165, 1.54) is 5.56 Å². The lowest BCUT2D eigenvalue weighted by molar-refractivity contribution is 0.295. The Kier molecular flexibility index (Phi) is 6.34. The molecule has 0 aromatic heterocycles. The van der Waals surface area contributed by atoms with Crippen molar-refractivity contribution in [2.75, 3.05) is 13.7 Å². The van der Waals surface area contributed by atoms with Gasteiger partial charge in [-0.3, -0.25) is 0 Å². The highest BCUT2D eigenvalue weighted by Crippen LogP contribution is 2.34. The van der Waals surface area contributed by atoms with Crippen molar-refractivity contribution in [3.63, 3.8) is 0 Å². The second-order valence-corrected chi connectivity index (χ2v) is 6.43. The Morgan fingerprint density at radius 1 is 1.20 bits per heavy atom. The number of hydrogen-bond acceptors (Lipinski definition) is 3. The summed E-state index contributed by atoms with van der Waals surface area (Å²) in [7, 11) is 1.69. The van der Waals surface area contributed by atoms with E-state index in [1.54, 1.807) is 7.11 Å². The third-order valence-corrected chi connectivity index (χ3v) is 3.31. The molecule has 114 valence electrons. The number of rotatable bonds is 7. The topological polar surface area (TPSA) is 44.5 Å². The first kappa shape index (κ1) is 16.8. The fourth-order valence-corrected chi connectivity index (χ4v) is 2.10. The van der Waals surface area contributed by atoms with E-state index in [2.05, 4.69) is 26.8 Å². The number of nitrogens with two attached hydrogens (primary N) is 1. The number of benzene rings is 1. The van der Waals surface area contributed by atoms with Gasteiger partial charge in [-0.15, -0.1) is 0 Å². The van der Waals surface area contributed by atoms with Gasteiger partial charge in [-0.05, 0) is 49.8 Å². The van der Waals surface area contributed by atoms with Crippen LogP contribution in [0.4, 0.5) is 0 Å².